The molecular formula is C29H37Cl2N3O5. The van der Waals surface area contributed by atoms with Crippen molar-refractivity contribution < 1.29 is 24.9 Å². The monoisotopic (exact) mass is 577 g/mol. The number of nitrogens with two attached hydrogens (primary N) is 1. The van der Waals surface area contributed by atoms with Gasteiger partial charge in [-0.3, -0.25) is 4.98 Å². The van der Waals surface area contributed by atoms with Gasteiger partial charge in [0.25, 0.3) is 0 Å². The highest BCUT2D eigenvalue weighted by Crippen LogP contribution is 2.27. The molecule has 0 aliphatic rings. The Morgan fingerprint density at radius 3 is 1.90 bits per heavy atom. The Morgan fingerprint density at radius 1 is 0.923 bits per heavy atom. The van der Waals surface area contributed by atoms with E-state index in [2.05, 4.69) is 42.2 Å². The van der Waals surface area contributed by atoms with E-state index in [0.29, 0.717) is 18.1 Å². The lowest BCUT2D eigenvalue weighted by Crippen LogP contribution is -2.24. The van der Waals surface area contributed by atoms with E-state index in [-0.39, 0.29) is 18.4 Å². The van der Waals surface area contributed by atoms with Gasteiger partial charge >= 0.3 is 11.9 Å². The Balaban J connectivity index is 0.000000615. The highest BCUT2D eigenvalue weighted by Gasteiger charge is 2.15. The summed E-state index contributed by atoms with van der Waals surface area (Å²) in [4.78, 5) is 25.8. The minimum absolute atomic E-state index is 0. The zero-order chi connectivity index (χ0) is 28.5. The van der Waals surface area contributed by atoms with Crippen molar-refractivity contribution in [3.05, 3.63) is 113 Å². The molecular weight excluding hydrogens is 541 g/mol. The van der Waals surface area contributed by atoms with Gasteiger partial charge in [0.05, 0.1) is 6.10 Å². The van der Waals surface area contributed by atoms with Crippen LogP contribution in [0.5, 0.6) is 0 Å². The molecule has 212 valence electrons. The molecule has 3 atom stereocenters. The van der Waals surface area contributed by atoms with Crippen LogP contribution in [0, 0.1) is 0 Å². The Morgan fingerprint density at radius 2 is 1.46 bits per heavy atom. The molecule has 1 unspecified atom stereocenters. The molecule has 0 aliphatic heterocycles. The third-order valence-corrected chi connectivity index (χ3v) is 5.44. The van der Waals surface area contributed by atoms with Crippen LogP contribution in [0.4, 0.5) is 0 Å². The average molecular weight is 579 g/mol. The van der Waals surface area contributed by atoms with Crippen molar-refractivity contribution in [3.8, 4) is 0 Å². The molecule has 0 spiro atoms. The SMILES string of the molecule is CN(C)CCC(c1ccc(Cl)cc1)c1ccccn1.C[C@@H](N)[C@@H](O)c1ccccc1.Cl.O=C(O)/C=C/C(=O)O. The molecule has 0 aliphatic carbocycles. The zero-order valence-corrected chi connectivity index (χ0v) is 23.8. The van der Waals surface area contributed by atoms with E-state index < -0.39 is 18.0 Å². The zero-order valence-electron chi connectivity index (χ0n) is 22.2. The van der Waals surface area contributed by atoms with E-state index >= 15 is 0 Å². The number of carbonyl (C=O) groups is 2. The van der Waals surface area contributed by atoms with Gasteiger partial charge in [0, 0.05) is 41.0 Å². The smallest absolute Gasteiger partial charge is 0.328 e. The molecule has 0 saturated carbocycles. The largest absolute Gasteiger partial charge is 0.478 e. The Labute approximate surface area is 241 Å². The number of hydrogen-bond donors (Lipinski definition) is 4. The molecule has 0 bridgehead atoms. The molecule has 2 aromatic carbocycles. The van der Waals surface area contributed by atoms with E-state index in [0.717, 1.165) is 29.2 Å². The summed E-state index contributed by atoms with van der Waals surface area (Å²) >= 11 is 5.97. The molecule has 0 radical (unpaired) electrons. The van der Waals surface area contributed by atoms with E-state index in [1.165, 1.54) is 5.56 Å². The Hall–Kier alpha value is -3.27. The lowest BCUT2D eigenvalue weighted by molar-refractivity contribution is -0.134. The second kappa shape index (κ2) is 19.7. The van der Waals surface area contributed by atoms with Gasteiger partial charge in [-0.2, -0.15) is 0 Å². The van der Waals surface area contributed by atoms with Crippen molar-refractivity contribution >= 4 is 35.9 Å². The van der Waals surface area contributed by atoms with Crippen LogP contribution in [0.25, 0.3) is 0 Å². The lowest BCUT2D eigenvalue weighted by Gasteiger charge is -2.19. The Kier molecular flexibility index (Phi) is 18.1. The third kappa shape index (κ3) is 15.7. The molecule has 0 saturated heterocycles. The van der Waals surface area contributed by atoms with Gasteiger partial charge in [-0.1, -0.05) is 60.1 Å². The minimum atomic E-state index is -1.26. The Bertz CT molecular complexity index is 1100. The maximum absolute atomic E-state index is 9.55. The van der Waals surface area contributed by atoms with Crippen molar-refractivity contribution in [1.82, 2.24) is 9.88 Å². The number of pyridine rings is 1. The molecule has 3 rings (SSSR count). The number of aromatic nitrogens is 1. The number of aliphatic carboxylic acids is 2. The number of halogens is 2. The normalized spacial score (nSPS) is 12.6. The first kappa shape index (κ1) is 35.7. The number of aliphatic hydroxyl groups is 1. The van der Waals surface area contributed by atoms with Crippen molar-refractivity contribution in [3.63, 3.8) is 0 Å². The predicted octanol–water partition coefficient (Wildman–Crippen LogP) is 5.02. The summed E-state index contributed by atoms with van der Waals surface area (Å²) in [6, 6.07) is 23.4. The minimum Gasteiger partial charge on any atom is -0.478 e. The molecule has 39 heavy (non-hydrogen) atoms. The highest BCUT2D eigenvalue weighted by atomic mass is 35.5. The van der Waals surface area contributed by atoms with Gasteiger partial charge in [-0.25, -0.2) is 9.59 Å². The fraction of sp³-hybridized carbons (Fsp3) is 0.276. The topological polar surface area (TPSA) is 137 Å². The standard InChI is InChI=1S/C16H19ClN2.C9H13NO.C4H4O4.ClH/c1-19(2)12-10-15(16-5-3-4-11-18-16)13-6-8-14(17)9-7-13;1-7(10)9(11)8-5-3-2-4-6-8;5-3(6)1-2-4(7)8;/h3-9,11,15H,10,12H2,1-2H3;2-7,9,11H,10H2,1H3;1-2H,(H,5,6)(H,7,8);1H/b;;2-1+;/t;7-,9-;;/m.1../s1. The first-order valence-corrected chi connectivity index (χ1v) is 12.3. The second-order valence-electron chi connectivity index (χ2n) is 8.68. The van der Waals surface area contributed by atoms with Gasteiger partial charge in [0.15, 0.2) is 0 Å². The molecule has 1 aromatic heterocycles. The highest BCUT2D eigenvalue weighted by molar-refractivity contribution is 6.30. The van der Waals surface area contributed by atoms with Crippen LogP contribution in [0.3, 0.4) is 0 Å². The number of aliphatic hydroxyl groups excluding tert-OH is 1. The fourth-order valence-corrected chi connectivity index (χ4v) is 3.37. The van der Waals surface area contributed by atoms with Crippen LogP contribution < -0.4 is 5.73 Å². The summed E-state index contributed by atoms with van der Waals surface area (Å²) < 4.78 is 0. The maximum Gasteiger partial charge on any atom is 0.328 e. The number of carboxylic acid groups (broad SMARTS) is 2. The number of nitrogens with zero attached hydrogens (tertiary/aromatic N) is 2. The maximum atomic E-state index is 9.55. The molecule has 10 heteroatoms. The molecule has 1 heterocycles. The van der Waals surface area contributed by atoms with E-state index in [4.69, 9.17) is 27.5 Å². The third-order valence-electron chi connectivity index (χ3n) is 5.19. The second-order valence-corrected chi connectivity index (χ2v) is 9.11. The van der Waals surface area contributed by atoms with Crippen molar-refractivity contribution in [1.29, 1.82) is 0 Å². The van der Waals surface area contributed by atoms with Gasteiger partial charge in [0.1, 0.15) is 0 Å². The van der Waals surface area contributed by atoms with E-state index in [1.54, 1.807) is 6.92 Å². The number of hydrogen-bond acceptors (Lipinski definition) is 6. The molecule has 5 N–H and O–H groups in total. The van der Waals surface area contributed by atoms with Crippen LogP contribution >= 0.6 is 24.0 Å². The van der Waals surface area contributed by atoms with Gasteiger partial charge < -0.3 is 26.0 Å². The first-order valence-electron chi connectivity index (χ1n) is 11.9. The van der Waals surface area contributed by atoms with Crippen molar-refractivity contribution in [2.45, 2.75) is 31.4 Å². The van der Waals surface area contributed by atoms with Crippen LogP contribution in [-0.2, 0) is 9.59 Å². The van der Waals surface area contributed by atoms with E-state index in [9.17, 15) is 14.7 Å². The average Bonchev–Trinajstić information content (AvgIpc) is 2.90. The lowest BCUT2D eigenvalue weighted by atomic mass is 9.92. The summed E-state index contributed by atoms with van der Waals surface area (Å²) in [7, 11) is 4.19. The van der Waals surface area contributed by atoms with Crippen LogP contribution in [0.2, 0.25) is 5.02 Å². The summed E-state index contributed by atoms with van der Waals surface area (Å²) in [5.41, 5.74) is 8.78. The van der Waals surface area contributed by atoms with E-state index in [1.807, 2.05) is 60.8 Å². The summed E-state index contributed by atoms with van der Waals surface area (Å²) in [5, 5.41) is 25.9. The fourth-order valence-electron chi connectivity index (χ4n) is 3.25. The summed E-state index contributed by atoms with van der Waals surface area (Å²) in [6.45, 7) is 2.82. The molecule has 0 amide bonds. The van der Waals surface area contributed by atoms with Crippen molar-refractivity contribution in [2.75, 3.05) is 20.6 Å². The number of carboxylic acids is 2. The van der Waals surface area contributed by atoms with Crippen molar-refractivity contribution in [2.24, 2.45) is 5.73 Å². The summed E-state index contributed by atoms with van der Waals surface area (Å²) in [6.07, 6.45) is 3.47. The van der Waals surface area contributed by atoms with Gasteiger partial charge in [-0.05, 0) is 69.4 Å². The van der Waals surface area contributed by atoms with Gasteiger partial charge in [-0.15, -0.1) is 12.4 Å². The number of rotatable bonds is 9. The number of benzene rings is 2. The molecule has 8 nitrogen and oxygen atoms in total. The van der Waals surface area contributed by atoms with Crippen LogP contribution in [0.15, 0.2) is 91.1 Å². The predicted molar refractivity (Wildman–Crippen MR) is 157 cm³/mol. The first-order chi connectivity index (χ1) is 18.0. The molecule has 0 fully saturated rings. The molecule has 3 aromatic rings. The van der Waals surface area contributed by atoms with Crippen LogP contribution in [0.1, 0.15) is 42.2 Å². The van der Waals surface area contributed by atoms with Gasteiger partial charge in [0.2, 0.25) is 0 Å². The van der Waals surface area contributed by atoms with Crippen LogP contribution in [-0.4, -0.2) is 63.8 Å². The summed E-state index contributed by atoms with van der Waals surface area (Å²) in [5.74, 6) is -2.19. The quantitative estimate of drug-likeness (QED) is 0.260.